The smallest absolute Gasteiger partial charge is 0.303 e. The Labute approximate surface area is 97.8 Å². The highest BCUT2D eigenvalue weighted by molar-refractivity contribution is 7.99. The molecule has 0 saturated carbocycles. The lowest BCUT2D eigenvalue weighted by Crippen LogP contribution is -1.94. The third kappa shape index (κ3) is 13.8. The number of rotatable bonds is 11. The van der Waals surface area contributed by atoms with Crippen LogP contribution in [0.2, 0.25) is 0 Å². The second kappa shape index (κ2) is 11.9. The quantitative estimate of drug-likeness (QED) is 0.548. The summed E-state index contributed by atoms with van der Waals surface area (Å²) in [5.74, 6) is 1.81. The Morgan fingerprint density at radius 2 is 1.60 bits per heavy atom. The topological polar surface area (TPSA) is 37.3 Å². The molecule has 0 aliphatic carbocycles. The standard InChI is InChI=1S/C12H24O2S/c1-2-3-4-7-10-15-11-8-5-6-9-12(13)14/h2-11H2,1H3,(H,13,14). The maximum atomic E-state index is 10.2. The van der Waals surface area contributed by atoms with Crippen molar-refractivity contribution in [1.82, 2.24) is 0 Å². The number of unbranched alkanes of at least 4 members (excludes halogenated alkanes) is 5. The van der Waals surface area contributed by atoms with E-state index in [9.17, 15) is 4.79 Å². The number of hydrogen-bond donors (Lipinski definition) is 1. The van der Waals surface area contributed by atoms with Crippen molar-refractivity contribution in [2.75, 3.05) is 11.5 Å². The zero-order valence-corrected chi connectivity index (χ0v) is 10.7. The zero-order chi connectivity index (χ0) is 11.4. The molecule has 0 atom stereocenters. The van der Waals surface area contributed by atoms with Crippen LogP contribution >= 0.6 is 11.8 Å². The van der Waals surface area contributed by atoms with Crippen molar-refractivity contribution < 1.29 is 9.90 Å². The van der Waals surface area contributed by atoms with Crippen LogP contribution in [-0.4, -0.2) is 22.6 Å². The van der Waals surface area contributed by atoms with E-state index in [1.165, 1.54) is 43.6 Å². The molecule has 0 fully saturated rings. The summed E-state index contributed by atoms with van der Waals surface area (Å²) in [7, 11) is 0. The molecule has 0 aromatic rings. The fourth-order valence-corrected chi connectivity index (χ4v) is 2.41. The molecular weight excluding hydrogens is 208 g/mol. The molecule has 0 aliphatic rings. The largest absolute Gasteiger partial charge is 0.481 e. The lowest BCUT2D eigenvalue weighted by Gasteiger charge is -2.01. The van der Waals surface area contributed by atoms with Crippen LogP contribution in [0, 0.1) is 0 Å². The van der Waals surface area contributed by atoms with Gasteiger partial charge in [0.1, 0.15) is 0 Å². The maximum Gasteiger partial charge on any atom is 0.303 e. The molecule has 0 aromatic heterocycles. The van der Waals surface area contributed by atoms with Crippen molar-refractivity contribution in [3.05, 3.63) is 0 Å². The van der Waals surface area contributed by atoms with Crippen LogP contribution in [0.3, 0.4) is 0 Å². The number of hydrogen-bond acceptors (Lipinski definition) is 2. The van der Waals surface area contributed by atoms with Gasteiger partial charge in [0.2, 0.25) is 0 Å². The molecule has 0 spiro atoms. The van der Waals surface area contributed by atoms with Crippen molar-refractivity contribution in [3.8, 4) is 0 Å². The van der Waals surface area contributed by atoms with Gasteiger partial charge in [-0.05, 0) is 30.8 Å². The van der Waals surface area contributed by atoms with E-state index in [2.05, 4.69) is 6.92 Å². The van der Waals surface area contributed by atoms with Gasteiger partial charge in [0.15, 0.2) is 0 Å². The lowest BCUT2D eigenvalue weighted by molar-refractivity contribution is -0.137. The Morgan fingerprint density at radius 3 is 2.13 bits per heavy atom. The van der Waals surface area contributed by atoms with E-state index in [0.717, 1.165) is 12.8 Å². The predicted molar refractivity (Wildman–Crippen MR) is 67.6 cm³/mol. The first-order chi connectivity index (χ1) is 7.27. The van der Waals surface area contributed by atoms with Gasteiger partial charge in [-0.1, -0.05) is 32.6 Å². The van der Waals surface area contributed by atoms with Crippen LogP contribution < -0.4 is 0 Å². The summed E-state index contributed by atoms with van der Waals surface area (Å²) in [6, 6.07) is 0. The molecule has 2 nitrogen and oxygen atoms in total. The summed E-state index contributed by atoms with van der Waals surface area (Å²) in [5, 5.41) is 8.43. The minimum atomic E-state index is -0.665. The summed E-state index contributed by atoms with van der Waals surface area (Å²) in [5.41, 5.74) is 0. The van der Waals surface area contributed by atoms with Crippen LogP contribution in [-0.2, 0) is 4.79 Å². The summed E-state index contributed by atoms with van der Waals surface area (Å²) in [4.78, 5) is 10.2. The van der Waals surface area contributed by atoms with E-state index in [4.69, 9.17) is 5.11 Å². The summed E-state index contributed by atoms with van der Waals surface area (Å²) < 4.78 is 0. The molecule has 0 heterocycles. The van der Waals surface area contributed by atoms with Crippen LogP contribution in [0.15, 0.2) is 0 Å². The first-order valence-electron chi connectivity index (χ1n) is 6.07. The number of thioether (sulfide) groups is 1. The average molecular weight is 232 g/mol. The average Bonchev–Trinajstić information content (AvgIpc) is 2.20. The highest BCUT2D eigenvalue weighted by Crippen LogP contribution is 2.11. The van der Waals surface area contributed by atoms with Crippen LogP contribution in [0.1, 0.15) is 58.3 Å². The fraction of sp³-hybridized carbons (Fsp3) is 0.917. The van der Waals surface area contributed by atoms with Gasteiger partial charge in [0.25, 0.3) is 0 Å². The molecular formula is C12H24O2S. The Morgan fingerprint density at radius 1 is 1.00 bits per heavy atom. The SMILES string of the molecule is CCCCCCSCCCCCC(=O)O. The van der Waals surface area contributed by atoms with Gasteiger partial charge in [-0.25, -0.2) is 0 Å². The highest BCUT2D eigenvalue weighted by atomic mass is 32.2. The highest BCUT2D eigenvalue weighted by Gasteiger charge is 1.96. The third-order valence-corrected chi connectivity index (χ3v) is 3.48. The number of carboxylic acid groups (broad SMARTS) is 1. The molecule has 0 aromatic carbocycles. The van der Waals surface area contributed by atoms with Gasteiger partial charge >= 0.3 is 5.97 Å². The van der Waals surface area contributed by atoms with Gasteiger partial charge in [0, 0.05) is 6.42 Å². The minimum absolute atomic E-state index is 0.334. The van der Waals surface area contributed by atoms with Gasteiger partial charge in [0.05, 0.1) is 0 Å². The molecule has 0 unspecified atom stereocenters. The molecule has 0 bridgehead atoms. The molecule has 0 aliphatic heterocycles. The first kappa shape index (κ1) is 14.8. The second-order valence-electron chi connectivity index (χ2n) is 3.88. The molecule has 1 N–H and O–H groups in total. The van der Waals surface area contributed by atoms with Crippen LogP contribution in [0.4, 0.5) is 0 Å². The van der Waals surface area contributed by atoms with Crippen LogP contribution in [0.25, 0.3) is 0 Å². The molecule has 15 heavy (non-hydrogen) atoms. The molecule has 0 radical (unpaired) electrons. The van der Waals surface area contributed by atoms with E-state index in [-0.39, 0.29) is 0 Å². The zero-order valence-electron chi connectivity index (χ0n) is 9.83. The fourth-order valence-electron chi connectivity index (χ4n) is 1.39. The monoisotopic (exact) mass is 232 g/mol. The predicted octanol–water partition coefficient (Wildman–Crippen LogP) is 3.94. The summed E-state index contributed by atoms with van der Waals surface area (Å²) in [6.45, 7) is 2.23. The van der Waals surface area contributed by atoms with Crippen LogP contribution in [0.5, 0.6) is 0 Å². The maximum absolute atomic E-state index is 10.2. The van der Waals surface area contributed by atoms with Crippen molar-refractivity contribution >= 4 is 17.7 Å². The van der Waals surface area contributed by atoms with E-state index in [1.807, 2.05) is 11.8 Å². The number of aliphatic carboxylic acids is 1. The van der Waals surface area contributed by atoms with E-state index in [1.54, 1.807) is 0 Å². The Balaban J connectivity index is 2.89. The van der Waals surface area contributed by atoms with E-state index in [0.29, 0.717) is 6.42 Å². The normalized spacial score (nSPS) is 10.5. The lowest BCUT2D eigenvalue weighted by atomic mass is 10.2. The van der Waals surface area contributed by atoms with Crippen molar-refractivity contribution in [3.63, 3.8) is 0 Å². The Kier molecular flexibility index (Phi) is 11.7. The molecule has 90 valence electrons. The molecule has 0 saturated heterocycles. The van der Waals surface area contributed by atoms with Crippen molar-refractivity contribution in [1.29, 1.82) is 0 Å². The number of carbonyl (C=O) groups is 1. The first-order valence-corrected chi connectivity index (χ1v) is 7.22. The Hall–Kier alpha value is -0.180. The summed E-state index contributed by atoms with van der Waals surface area (Å²) in [6.07, 6.45) is 8.78. The molecule has 0 amide bonds. The summed E-state index contributed by atoms with van der Waals surface area (Å²) >= 11 is 2.02. The van der Waals surface area contributed by atoms with Gasteiger partial charge < -0.3 is 5.11 Å². The second-order valence-corrected chi connectivity index (χ2v) is 5.10. The van der Waals surface area contributed by atoms with E-state index < -0.39 is 5.97 Å². The van der Waals surface area contributed by atoms with Gasteiger partial charge in [-0.15, -0.1) is 0 Å². The minimum Gasteiger partial charge on any atom is -0.481 e. The molecule has 3 heteroatoms. The van der Waals surface area contributed by atoms with Gasteiger partial charge in [-0.2, -0.15) is 11.8 Å². The van der Waals surface area contributed by atoms with Crippen molar-refractivity contribution in [2.24, 2.45) is 0 Å². The molecule has 0 rings (SSSR count). The van der Waals surface area contributed by atoms with Gasteiger partial charge in [-0.3, -0.25) is 4.79 Å². The Bertz CT molecular complexity index is 149. The van der Waals surface area contributed by atoms with Crippen molar-refractivity contribution in [2.45, 2.75) is 58.3 Å². The third-order valence-electron chi connectivity index (χ3n) is 2.32. The number of carboxylic acids is 1. The van der Waals surface area contributed by atoms with E-state index >= 15 is 0 Å².